The van der Waals surface area contributed by atoms with E-state index in [2.05, 4.69) is 15.9 Å². The van der Waals surface area contributed by atoms with Crippen LogP contribution in [0.5, 0.6) is 5.75 Å². The quantitative estimate of drug-likeness (QED) is 0.704. The van der Waals surface area contributed by atoms with Gasteiger partial charge in [-0.25, -0.2) is 8.78 Å². The van der Waals surface area contributed by atoms with Gasteiger partial charge in [-0.3, -0.25) is 0 Å². The molecule has 0 fully saturated rings. The highest BCUT2D eigenvalue weighted by atomic mass is 79.9. The Balaban J connectivity index is 2.10. The van der Waals surface area contributed by atoms with Crippen molar-refractivity contribution in [3.05, 3.63) is 63.6 Å². The minimum absolute atomic E-state index is 0.0953. The van der Waals surface area contributed by atoms with Gasteiger partial charge in [0.1, 0.15) is 24.0 Å². The second-order valence-electron chi connectivity index (χ2n) is 3.95. The fourth-order valence-corrected chi connectivity index (χ4v) is 2.37. The third-order valence-corrected chi connectivity index (χ3v) is 3.55. The van der Waals surface area contributed by atoms with Crippen LogP contribution in [0.3, 0.4) is 0 Å². The number of ether oxygens (including phenoxy) is 1. The summed E-state index contributed by atoms with van der Waals surface area (Å²) in [6.45, 7) is 0.0953. The van der Waals surface area contributed by atoms with Crippen molar-refractivity contribution in [1.82, 2.24) is 0 Å². The summed E-state index contributed by atoms with van der Waals surface area (Å²) >= 11 is 9.14. The average molecular weight is 348 g/mol. The van der Waals surface area contributed by atoms with Crippen LogP contribution in [0, 0.1) is 11.6 Å². The van der Waals surface area contributed by atoms with E-state index in [1.54, 1.807) is 12.1 Å². The van der Waals surface area contributed by atoms with Gasteiger partial charge >= 0.3 is 0 Å². The summed E-state index contributed by atoms with van der Waals surface area (Å²) in [5, 5.41) is 0. The van der Waals surface area contributed by atoms with Crippen molar-refractivity contribution in [1.29, 1.82) is 0 Å². The van der Waals surface area contributed by atoms with E-state index in [4.69, 9.17) is 16.3 Å². The lowest BCUT2D eigenvalue weighted by Gasteiger charge is -2.09. The Hall–Kier alpha value is -1.13. The van der Waals surface area contributed by atoms with Crippen molar-refractivity contribution in [3.63, 3.8) is 0 Å². The molecule has 2 aromatic carbocycles. The molecule has 5 heteroatoms. The Morgan fingerprint density at radius 1 is 1.05 bits per heavy atom. The first-order valence-corrected chi connectivity index (χ1v) is 6.83. The highest BCUT2D eigenvalue weighted by Gasteiger charge is 2.04. The number of alkyl halides is 1. The number of hydrogen-bond donors (Lipinski definition) is 0. The number of hydrogen-bond acceptors (Lipinski definition) is 1. The van der Waals surface area contributed by atoms with Crippen LogP contribution in [-0.2, 0) is 12.5 Å². The minimum Gasteiger partial charge on any atom is -0.489 e. The van der Waals surface area contributed by atoms with Gasteiger partial charge < -0.3 is 4.74 Å². The van der Waals surface area contributed by atoms with Crippen molar-refractivity contribution in [2.24, 2.45) is 0 Å². The molecule has 0 heterocycles. The third kappa shape index (κ3) is 3.91. The highest BCUT2D eigenvalue weighted by Crippen LogP contribution is 2.24. The van der Waals surface area contributed by atoms with Crippen molar-refractivity contribution < 1.29 is 13.5 Å². The summed E-state index contributed by atoms with van der Waals surface area (Å²) in [5.41, 5.74) is 1.33. The largest absolute Gasteiger partial charge is 0.489 e. The van der Waals surface area contributed by atoms with E-state index in [-0.39, 0.29) is 6.61 Å². The maximum absolute atomic E-state index is 13.0. The molecule has 0 saturated carbocycles. The Kier molecular flexibility index (Phi) is 4.77. The van der Waals surface area contributed by atoms with Gasteiger partial charge in [-0.15, -0.1) is 11.6 Å². The normalized spacial score (nSPS) is 10.5. The lowest BCUT2D eigenvalue weighted by atomic mass is 10.2. The predicted molar refractivity (Wildman–Crippen MR) is 74.4 cm³/mol. The van der Waals surface area contributed by atoms with Crippen LogP contribution in [0.4, 0.5) is 8.78 Å². The van der Waals surface area contributed by atoms with Crippen molar-refractivity contribution in [2.75, 3.05) is 0 Å². The highest BCUT2D eigenvalue weighted by molar-refractivity contribution is 9.10. The van der Waals surface area contributed by atoms with E-state index in [9.17, 15) is 8.78 Å². The number of rotatable bonds is 4. The molecule has 1 nitrogen and oxygen atoms in total. The third-order valence-electron chi connectivity index (χ3n) is 2.49. The van der Waals surface area contributed by atoms with Crippen LogP contribution in [-0.4, -0.2) is 0 Å². The predicted octanol–water partition coefficient (Wildman–Crippen LogP) is 5.05. The van der Waals surface area contributed by atoms with Crippen LogP contribution in [0.15, 0.2) is 40.9 Å². The van der Waals surface area contributed by atoms with Gasteiger partial charge in [-0.2, -0.15) is 0 Å². The second-order valence-corrected chi connectivity index (χ2v) is 5.07. The molecule has 0 aromatic heterocycles. The molecule has 0 aliphatic heterocycles. The molecule has 0 atom stereocenters. The van der Waals surface area contributed by atoms with Crippen LogP contribution >= 0.6 is 27.5 Å². The lowest BCUT2D eigenvalue weighted by Crippen LogP contribution is -1.97. The molecule has 100 valence electrons. The monoisotopic (exact) mass is 346 g/mol. The molecule has 0 unspecified atom stereocenters. The molecular weight excluding hydrogens is 338 g/mol. The Morgan fingerprint density at radius 2 is 1.74 bits per heavy atom. The minimum atomic E-state index is -0.615. The molecule has 0 spiro atoms. The molecule has 19 heavy (non-hydrogen) atoms. The molecule has 2 rings (SSSR count). The molecule has 0 amide bonds. The van der Waals surface area contributed by atoms with Crippen LogP contribution < -0.4 is 4.74 Å². The zero-order valence-corrected chi connectivity index (χ0v) is 12.1. The fourth-order valence-electron chi connectivity index (χ4n) is 1.60. The van der Waals surface area contributed by atoms with Gasteiger partial charge in [0.25, 0.3) is 0 Å². The molecule has 0 aliphatic carbocycles. The van der Waals surface area contributed by atoms with Gasteiger partial charge in [0.2, 0.25) is 0 Å². The number of halogens is 4. The SMILES string of the molecule is Fc1cc(F)cc(COc2ccc(Br)c(CCl)c2)c1. The Morgan fingerprint density at radius 3 is 2.37 bits per heavy atom. The Bertz CT molecular complexity index is 569. The topological polar surface area (TPSA) is 9.23 Å². The molecule has 0 N–H and O–H groups in total. The summed E-state index contributed by atoms with van der Waals surface area (Å²) in [7, 11) is 0. The molecule has 2 aromatic rings. The maximum atomic E-state index is 13.0. The zero-order chi connectivity index (χ0) is 13.8. The molecule has 0 aliphatic rings. The van der Waals surface area contributed by atoms with Gasteiger partial charge in [-0.05, 0) is 41.5 Å². The fraction of sp³-hybridized carbons (Fsp3) is 0.143. The second kappa shape index (κ2) is 6.35. The van der Waals surface area contributed by atoms with Crippen molar-refractivity contribution in [2.45, 2.75) is 12.5 Å². The van der Waals surface area contributed by atoms with Gasteiger partial charge in [-0.1, -0.05) is 15.9 Å². The van der Waals surface area contributed by atoms with E-state index >= 15 is 0 Å². The smallest absolute Gasteiger partial charge is 0.126 e. The van der Waals surface area contributed by atoms with Crippen molar-refractivity contribution >= 4 is 27.5 Å². The lowest BCUT2D eigenvalue weighted by molar-refractivity contribution is 0.304. The molecule has 0 radical (unpaired) electrons. The first-order chi connectivity index (χ1) is 9.08. The molecule has 0 bridgehead atoms. The summed E-state index contributed by atoms with van der Waals surface area (Å²) in [5.74, 6) is -0.276. The van der Waals surface area contributed by atoms with Gasteiger partial charge in [0.15, 0.2) is 0 Å². The van der Waals surface area contributed by atoms with Crippen LogP contribution in [0.1, 0.15) is 11.1 Å². The van der Waals surface area contributed by atoms with Gasteiger partial charge in [0.05, 0.1) is 0 Å². The van der Waals surface area contributed by atoms with Crippen molar-refractivity contribution in [3.8, 4) is 5.75 Å². The van der Waals surface area contributed by atoms with Crippen LogP contribution in [0.25, 0.3) is 0 Å². The van der Waals surface area contributed by atoms with Crippen LogP contribution in [0.2, 0.25) is 0 Å². The van der Waals surface area contributed by atoms with Gasteiger partial charge in [0, 0.05) is 16.4 Å². The first kappa shape index (κ1) is 14.3. The van der Waals surface area contributed by atoms with E-state index in [0.29, 0.717) is 17.2 Å². The maximum Gasteiger partial charge on any atom is 0.126 e. The zero-order valence-electron chi connectivity index (χ0n) is 9.80. The first-order valence-electron chi connectivity index (χ1n) is 5.50. The molecule has 0 saturated heterocycles. The number of benzene rings is 2. The molecular formula is C14H10BrClF2O. The van der Waals surface area contributed by atoms with E-state index in [1.807, 2.05) is 6.07 Å². The average Bonchev–Trinajstić information content (AvgIpc) is 2.36. The summed E-state index contributed by atoms with van der Waals surface area (Å²) in [6.07, 6.45) is 0. The Labute approximate surface area is 123 Å². The standard InChI is InChI=1S/C14H10BrClF2O/c15-14-2-1-13(5-10(14)7-16)19-8-9-3-11(17)6-12(18)4-9/h1-6H,7-8H2. The van der Waals surface area contributed by atoms with E-state index < -0.39 is 11.6 Å². The summed E-state index contributed by atoms with van der Waals surface area (Å²) < 4.78 is 32.4. The summed E-state index contributed by atoms with van der Waals surface area (Å²) in [4.78, 5) is 0. The van der Waals surface area contributed by atoms with E-state index in [0.717, 1.165) is 16.1 Å². The summed E-state index contributed by atoms with van der Waals surface area (Å²) in [6, 6.07) is 8.67. The van der Waals surface area contributed by atoms with E-state index in [1.165, 1.54) is 12.1 Å².